The number of carbonyl (C=O) groups is 1. The number of nitrogens with one attached hydrogen (secondary N) is 1. The van der Waals surface area contributed by atoms with Crippen LogP contribution in [0.5, 0.6) is 0 Å². The van der Waals surface area contributed by atoms with Crippen molar-refractivity contribution in [3.8, 4) is 0 Å². The van der Waals surface area contributed by atoms with Crippen LogP contribution in [0.1, 0.15) is 43.0 Å². The van der Waals surface area contributed by atoms with Gasteiger partial charge < -0.3 is 15.8 Å². The lowest BCUT2D eigenvalue weighted by molar-refractivity contribution is 0.0527. The second-order valence-electron chi connectivity index (χ2n) is 5.02. The van der Waals surface area contributed by atoms with Crippen LogP contribution in [0.15, 0.2) is 18.2 Å². The first-order valence-corrected chi connectivity index (χ1v) is 7.02. The molecule has 0 bridgehead atoms. The number of anilines is 2. The highest BCUT2D eigenvalue weighted by atomic mass is 16.5. The summed E-state index contributed by atoms with van der Waals surface area (Å²) in [5, 5.41) is 3.34. The Morgan fingerprint density at radius 2 is 2.16 bits per heavy atom. The van der Waals surface area contributed by atoms with Gasteiger partial charge in [-0.3, -0.25) is 0 Å². The Morgan fingerprint density at radius 1 is 1.42 bits per heavy atom. The molecule has 104 valence electrons. The summed E-state index contributed by atoms with van der Waals surface area (Å²) in [5.41, 5.74) is 7.81. The molecule has 3 N–H and O–H groups in total. The molecule has 1 fully saturated rings. The van der Waals surface area contributed by atoms with Gasteiger partial charge >= 0.3 is 5.97 Å². The van der Waals surface area contributed by atoms with E-state index < -0.39 is 0 Å². The van der Waals surface area contributed by atoms with Crippen LogP contribution in [-0.2, 0) is 4.74 Å². The molecule has 0 heterocycles. The van der Waals surface area contributed by atoms with Crippen molar-refractivity contribution in [3.05, 3.63) is 23.8 Å². The Bertz CT molecular complexity index is 440. The predicted molar refractivity (Wildman–Crippen MR) is 77.3 cm³/mol. The summed E-state index contributed by atoms with van der Waals surface area (Å²) in [7, 11) is 0. The zero-order chi connectivity index (χ0) is 13.7. The Kier molecular flexibility index (Phi) is 4.66. The Morgan fingerprint density at radius 3 is 2.84 bits per heavy atom. The van der Waals surface area contributed by atoms with Crippen molar-refractivity contribution in [3.63, 3.8) is 0 Å². The largest absolute Gasteiger partial charge is 0.462 e. The van der Waals surface area contributed by atoms with Crippen molar-refractivity contribution in [2.24, 2.45) is 5.92 Å². The maximum Gasteiger partial charge on any atom is 0.340 e. The van der Waals surface area contributed by atoms with E-state index in [9.17, 15) is 4.79 Å². The first kappa shape index (κ1) is 13.7. The van der Waals surface area contributed by atoms with Crippen LogP contribution in [0, 0.1) is 5.92 Å². The number of carbonyl (C=O) groups excluding carboxylic acids is 1. The van der Waals surface area contributed by atoms with Gasteiger partial charge in [-0.15, -0.1) is 0 Å². The molecule has 0 amide bonds. The minimum Gasteiger partial charge on any atom is -0.462 e. The quantitative estimate of drug-likeness (QED) is 0.632. The molecule has 1 aromatic rings. The van der Waals surface area contributed by atoms with Gasteiger partial charge in [0, 0.05) is 6.54 Å². The minimum absolute atomic E-state index is 0.316. The average Bonchev–Trinajstić information content (AvgIpc) is 2.90. The average molecular weight is 262 g/mol. The fraction of sp³-hybridized carbons (Fsp3) is 0.533. The lowest BCUT2D eigenvalue weighted by atomic mass is 10.1. The normalized spacial score (nSPS) is 15.4. The third-order valence-corrected chi connectivity index (χ3v) is 3.63. The molecule has 0 unspecified atom stereocenters. The van der Waals surface area contributed by atoms with E-state index in [4.69, 9.17) is 10.5 Å². The van der Waals surface area contributed by atoms with E-state index in [1.54, 1.807) is 25.1 Å². The molecule has 4 heteroatoms. The summed E-state index contributed by atoms with van der Waals surface area (Å²) >= 11 is 0. The lowest BCUT2D eigenvalue weighted by Crippen LogP contribution is -2.16. The molecule has 0 spiro atoms. The van der Waals surface area contributed by atoms with Crippen molar-refractivity contribution >= 4 is 17.3 Å². The summed E-state index contributed by atoms with van der Waals surface area (Å²) in [6, 6.07) is 5.34. The molecular weight excluding hydrogens is 240 g/mol. The molecule has 1 aromatic carbocycles. The first-order valence-electron chi connectivity index (χ1n) is 7.02. The smallest absolute Gasteiger partial charge is 0.340 e. The van der Waals surface area contributed by atoms with Gasteiger partial charge in [-0.05, 0) is 37.8 Å². The number of hydrogen-bond acceptors (Lipinski definition) is 4. The van der Waals surface area contributed by atoms with Crippen LogP contribution >= 0.6 is 0 Å². The lowest BCUT2D eigenvalue weighted by Gasteiger charge is -2.16. The van der Waals surface area contributed by atoms with Gasteiger partial charge in [0.2, 0.25) is 0 Å². The third kappa shape index (κ3) is 3.40. The highest BCUT2D eigenvalue weighted by molar-refractivity contribution is 5.98. The van der Waals surface area contributed by atoms with E-state index >= 15 is 0 Å². The second kappa shape index (κ2) is 6.45. The SMILES string of the molecule is CCOC(=O)c1cccc(N)c1NCC1CCCC1. The number of rotatable bonds is 5. The number of nitrogens with two attached hydrogens (primary N) is 1. The van der Waals surface area contributed by atoms with Gasteiger partial charge in [-0.25, -0.2) is 4.79 Å². The maximum atomic E-state index is 11.9. The maximum absolute atomic E-state index is 11.9. The molecule has 0 aliphatic heterocycles. The molecule has 0 aromatic heterocycles. The van der Waals surface area contributed by atoms with Gasteiger partial charge in [-0.2, -0.15) is 0 Å². The molecule has 1 saturated carbocycles. The van der Waals surface area contributed by atoms with E-state index in [1.165, 1.54) is 25.7 Å². The third-order valence-electron chi connectivity index (χ3n) is 3.63. The van der Waals surface area contributed by atoms with Gasteiger partial charge in [0.05, 0.1) is 23.5 Å². The summed E-state index contributed by atoms with van der Waals surface area (Å²) in [4.78, 5) is 11.9. The molecule has 4 nitrogen and oxygen atoms in total. The summed E-state index contributed by atoms with van der Waals surface area (Å²) < 4.78 is 5.06. The van der Waals surface area contributed by atoms with Crippen LogP contribution in [0.25, 0.3) is 0 Å². The zero-order valence-electron chi connectivity index (χ0n) is 11.4. The van der Waals surface area contributed by atoms with Gasteiger partial charge in [0.15, 0.2) is 0 Å². The molecule has 1 aliphatic carbocycles. The number of para-hydroxylation sites is 1. The topological polar surface area (TPSA) is 64.3 Å². The molecule has 2 rings (SSSR count). The zero-order valence-corrected chi connectivity index (χ0v) is 11.4. The van der Waals surface area contributed by atoms with E-state index in [0.29, 0.717) is 29.5 Å². The highest BCUT2D eigenvalue weighted by Crippen LogP contribution is 2.28. The molecule has 19 heavy (non-hydrogen) atoms. The standard InChI is InChI=1S/C15H22N2O2/c1-2-19-15(18)12-8-5-9-13(16)14(12)17-10-11-6-3-4-7-11/h5,8-9,11,17H,2-4,6-7,10,16H2,1H3. The molecular formula is C15H22N2O2. The second-order valence-corrected chi connectivity index (χ2v) is 5.02. The number of nitrogen functional groups attached to an aromatic ring is 1. The monoisotopic (exact) mass is 262 g/mol. The molecule has 0 radical (unpaired) electrons. The number of benzene rings is 1. The summed E-state index contributed by atoms with van der Waals surface area (Å²) in [5.74, 6) is 0.373. The molecule has 0 atom stereocenters. The highest BCUT2D eigenvalue weighted by Gasteiger charge is 2.18. The first-order chi connectivity index (χ1) is 9.22. The fourth-order valence-corrected chi connectivity index (χ4v) is 2.61. The van der Waals surface area contributed by atoms with Crippen molar-refractivity contribution < 1.29 is 9.53 Å². The van der Waals surface area contributed by atoms with Gasteiger partial charge in [-0.1, -0.05) is 18.9 Å². The minimum atomic E-state index is -0.316. The Hall–Kier alpha value is -1.71. The predicted octanol–water partition coefficient (Wildman–Crippen LogP) is 3.05. The summed E-state index contributed by atoms with van der Waals surface area (Å²) in [6.07, 6.45) is 5.13. The van der Waals surface area contributed by atoms with Crippen LogP contribution in [0.3, 0.4) is 0 Å². The number of esters is 1. The molecule has 1 aliphatic rings. The Labute approximate surface area is 114 Å². The van der Waals surface area contributed by atoms with Crippen molar-refractivity contribution in [1.29, 1.82) is 0 Å². The summed E-state index contributed by atoms with van der Waals surface area (Å²) in [6.45, 7) is 3.05. The van der Waals surface area contributed by atoms with E-state index in [2.05, 4.69) is 5.32 Å². The number of ether oxygens (including phenoxy) is 1. The van der Waals surface area contributed by atoms with Crippen molar-refractivity contribution in [1.82, 2.24) is 0 Å². The Balaban J connectivity index is 2.10. The fourth-order valence-electron chi connectivity index (χ4n) is 2.61. The van der Waals surface area contributed by atoms with Crippen LogP contribution in [-0.4, -0.2) is 19.1 Å². The molecule has 0 saturated heterocycles. The van der Waals surface area contributed by atoms with E-state index in [-0.39, 0.29) is 5.97 Å². The van der Waals surface area contributed by atoms with E-state index in [1.807, 2.05) is 0 Å². The van der Waals surface area contributed by atoms with Gasteiger partial charge in [0.25, 0.3) is 0 Å². The van der Waals surface area contributed by atoms with Gasteiger partial charge in [0.1, 0.15) is 0 Å². The van der Waals surface area contributed by atoms with Crippen molar-refractivity contribution in [2.75, 3.05) is 24.2 Å². The van der Waals surface area contributed by atoms with E-state index in [0.717, 1.165) is 6.54 Å². The number of hydrogen-bond donors (Lipinski definition) is 2. The van der Waals surface area contributed by atoms with Crippen LogP contribution < -0.4 is 11.1 Å². The van der Waals surface area contributed by atoms with Crippen molar-refractivity contribution in [2.45, 2.75) is 32.6 Å². The van der Waals surface area contributed by atoms with Crippen LogP contribution in [0.2, 0.25) is 0 Å². The van der Waals surface area contributed by atoms with Crippen LogP contribution in [0.4, 0.5) is 11.4 Å².